The predicted molar refractivity (Wildman–Crippen MR) is 81.6 cm³/mol. The van der Waals surface area contributed by atoms with Crippen LogP contribution in [-0.2, 0) is 6.42 Å². The number of halogens is 1. The fourth-order valence-electron chi connectivity index (χ4n) is 3.10. The average molecular weight is 327 g/mol. The van der Waals surface area contributed by atoms with Crippen LogP contribution in [0.5, 0.6) is 5.75 Å². The standard InChI is InChI=1S/C16H23BrO2/c1-16(18,13-6-4-3-5-7-13)11-12-8-9-15(19-2)14(17)10-12/h8-10,13,18H,3-7,11H2,1-2H3. The second-order valence-corrected chi connectivity index (χ2v) is 6.69. The summed E-state index contributed by atoms with van der Waals surface area (Å²) in [7, 11) is 1.66. The third-order valence-corrected chi connectivity index (χ3v) is 4.88. The lowest BCUT2D eigenvalue weighted by Crippen LogP contribution is -2.38. The van der Waals surface area contributed by atoms with Gasteiger partial charge in [0.05, 0.1) is 17.2 Å². The van der Waals surface area contributed by atoms with Crippen LogP contribution in [0.1, 0.15) is 44.6 Å². The molecule has 1 aromatic carbocycles. The molecular weight excluding hydrogens is 304 g/mol. The van der Waals surface area contributed by atoms with Gasteiger partial charge in [-0.3, -0.25) is 0 Å². The summed E-state index contributed by atoms with van der Waals surface area (Å²) in [5.74, 6) is 1.27. The van der Waals surface area contributed by atoms with Crippen molar-refractivity contribution in [3.63, 3.8) is 0 Å². The van der Waals surface area contributed by atoms with E-state index in [1.165, 1.54) is 19.3 Å². The van der Waals surface area contributed by atoms with Crippen molar-refractivity contribution in [1.29, 1.82) is 0 Å². The third-order valence-electron chi connectivity index (χ3n) is 4.26. The van der Waals surface area contributed by atoms with Gasteiger partial charge in [0.15, 0.2) is 0 Å². The number of rotatable bonds is 4. The van der Waals surface area contributed by atoms with Crippen LogP contribution in [-0.4, -0.2) is 17.8 Å². The number of benzene rings is 1. The van der Waals surface area contributed by atoms with Crippen LogP contribution in [0.2, 0.25) is 0 Å². The molecule has 1 atom stereocenters. The first-order valence-electron chi connectivity index (χ1n) is 7.08. The minimum atomic E-state index is -0.603. The molecule has 0 amide bonds. The number of ether oxygens (including phenoxy) is 1. The Labute approximate surface area is 124 Å². The van der Waals surface area contributed by atoms with Crippen molar-refractivity contribution in [3.05, 3.63) is 28.2 Å². The highest BCUT2D eigenvalue weighted by Crippen LogP contribution is 2.35. The van der Waals surface area contributed by atoms with Crippen molar-refractivity contribution >= 4 is 15.9 Å². The van der Waals surface area contributed by atoms with Gasteiger partial charge in [0.2, 0.25) is 0 Å². The van der Waals surface area contributed by atoms with E-state index in [1.807, 2.05) is 19.1 Å². The summed E-state index contributed by atoms with van der Waals surface area (Å²) in [6.07, 6.45) is 6.86. The van der Waals surface area contributed by atoms with Gasteiger partial charge in [0, 0.05) is 6.42 Å². The molecule has 1 N–H and O–H groups in total. The molecule has 1 aliphatic carbocycles. The first kappa shape index (κ1) is 14.9. The van der Waals surface area contributed by atoms with Gasteiger partial charge in [-0.05, 0) is 59.3 Å². The molecule has 0 aromatic heterocycles. The molecule has 106 valence electrons. The van der Waals surface area contributed by atoms with Gasteiger partial charge in [-0.1, -0.05) is 25.3 Å². The van der Waals surface area contributed by atoms with Crippen molar-refractivity contribution in [2.24, 2.45) is 5.92 Å². The van der Waals surface area contributed by atoms with Crippen molar-refractivity contribution in [1.82, 2.24) is 0 Å². The fourth-order valence-corrected chi connectivity index (χ4v) is 3.69. The highest BCUT2D eigenvalue weighted by atomic mass is 79.9. The van der Waals surface area contributed by atoms with Gasteiger partial charge in [-0.25, -0.2) is 0 Å². The average Bonchev–Trinajstić information content (AvgIpc) is 2.39. The highest BCUT2D eigenvalue weighted by molar-refractivity contribution is 9.10. The molecule has 1 saturated carbocycles. The van der Waals surface area contributed by atoms with Crippen LogP contribution < -0.4 is 4.74 Å². The number of methoxy groups -OCH3 is 1. The van der Waals surface area contributed by atoms with E-state index in [0.717, 1.165) is 28.6 Å². The normalized spacial score (nSPS) is 20.0. The summed E-state index contributed by atoms with van der Waals surface area (Å²) in [6.45, 7) is 1.99. The third kappa shape index (κ3) is 3.73. The van der Waals surface area contributed by atoms with Gasteiger partial charge in [0.25, 0.3) is 0 Å². The molecule has 0 heterocycles. The van der Waals surface area contributed by atoms with E-state index < -0.39 is 5.60 Å². The zero-order chi connectivity index (χ0) is 13.9. The van der Waals surface area contributed by atoms with Crippen molar-refractivity contribution < 1.29 is 9.84 Å². The molecule has 0 aliphatic heterocycles. The molecule has 19 heavy (non-hydrogen) atoms. The smallest absolute Gasteiger partial charge is 0.133 e. The Morgan fingerprint density at radius 1 is 1.32 bits per heavy atom. The maximum atomic E-state index is 10.8. The molecule has 3 heteroatoms. The lowest BCUT2D eigenvalue weighted by atomic mass is 9.75. The van der Waals surface area contributed by atoms with E-state index in [2.05, 4.69) is 22.0 Å². The number of aliphatic hydroxyl groups is 1. The minimum Gasteiger partial charge on any atom is -0.496 e. The van der Waals surface area contributed by atoms with Gasteiger partial charge in [0.1, 0.15) is 5.75 Å². The van der Waals surface area contributed by atoms with Crippen molar-refractivity contribution in [2.75, 3.05) is 7.11 Å². The van der Waals surface area contributed by atoms with Crippen molar-refractivity contribution in [3.8, 4) is 5.75 Å². The van der Waals surface area contributed by atoms with Crippen LogP contribution in [0.4, 0.5) is 0 Å². The highest BCUT2D eigenvalue weighted by Gasteiger charge is 2.32. The summed E-state index contributed by atoms with van der Waals surface area (Å²) in [6, 6.07) is 6.05. The summed E-state index contributed by atoms with van der Waals surface area (Å²) < 4.78 is 6.19. The van der Waals surface area contributed by atoms with E-state index in [0.29, 0.717) is 12.3 Å². The Morgan fingerprint density at radius 3 is 2.58 bits per heavy atom. The Bertz CT molecular complexity index is 423. The molecule has 1 aliphatic rings. The van der Waals surface area contributed by atoms with E-state index in [4.69, 9.17) is 4.74 Å². The molecular formula is C16H23BrO2. The first-order chi connectivity index (χ1) is 9.03. The molecule has 2 rings (SSSR count). The zero-order valence-electron chi connectivity index (χ0n) is 11.8. The van der Waals surface area contributed by atoms with Crippen LogP contribution in [0.3, 0.4) is 0 Å². The Balaban J connectivity index is 2.08. The molecule has 0 spiro atoms. The molecule has 0 radical (unpaired) electrons. The molecule has 0 bridgehead atoms. The maximum absolute atomic E-state index is 10.8. The second-order valence-electron chi connectivity index (χ2n) is 5.84. The Kier molecular flexibility index (Phi) is 4.91. The van der Waals surface area contributed by atoms with E-state index >= 15 is 0 Å². The van der Waals surface area contributed by atoms with Crippen LogP contribution in [0, 0.1) is 5.92 Å². The molecule has 1 fully saturated rings. The van der Waals surface area contributed by atoms with Gasteiger partial charge in [-0.2, -0.15) is 0 Å². The van der Waals surface area contributed by atoms with Crippen LogP contribution >= 0.6 is 15.9 Å². The van der Waals surface area contributed by atoms with Gasteiger partial charge >= 0.3 is 0 Å². The first-order valence-corrected chi connectivity index (χ1v) is 7.87. The van der Waals surface area contributed by atoms with Crippen LogP contribution in [0.15, 0.2) is 22.7 Å². The summed E-state index contributed by atoms with van der Waals surface area (Å²) in [4.78, 5) is 0. The summed E-state index contributed by atoms with van der Waals surface area (Å²) in [5, 5.41) is 10.8. The summed E-state index contributed by atoms with van der Waals surface area (Å²) in [5.41, 5.74) is 0.553. The van der Waals surface area contributed by atoms with Gasteiger partial charge < -0.3 is 9.84 Å². The zero-order valence-corrected chi connectivity index (χ0v) is 13.4. The molecule has 0 saturated heterocycles. The predicted octanol–water partition coefficient (Wildman–Crippen LogP) is 4.33. The molecule has 1 unspecified atom stereocenters. The van der Waals surface area contributed by atoms with E-state index in [1.54, 1.807) is 7.11 Å². The quantitative estimate of drug-likeness (QED) is 0.892. The van der Waals surface area contributed by atoms with Crippen LogP contribution in [0.25, 0.3) is 0 Å². The van der Waals surface area contributed by atoms with E-state index in [9.17, 15) is 5.11 Å². The monoisotopic (exact) mass is 326 g/mol. The largest absolute Gasteiger partial charge is 0.496 e. The second kappa shape index (κ2) is 6.27. The molecule has 2 nitrogen and oxygen atoms in total. The SMILES string of the molecule is COc1ccc(CC(C)(O)C2CCCCC2)cc1Br. The molecule has 1 aromatic rings. The Hall–Kier alpha value is -0.540. The Morgan fingerprint density at radius 2 is 2.00 bits per heavy atom. The van der Waals surface area contributed by atoms with Gasteiger partial charge in [-0.15, -0.1) is 0 Å². The fraction of sp³-hybridized carbons (Fsp3) is 0.625. The lowest BCUT2D eigenvalue weighted by molar-refractivity contribution is -0.0159. The van der Waals surface area contributed by atoms with E-state index in [-0.39, 0.29) is 0 Å². The minimum absolute atomic E-state index is 0.433. The number of hydrogen-bond donors (Lipinski definition) is 1. The topological polar surface area (TPSA) is 29.5 Å². The number of hydrogen-bond acceptors (Lipinski definition) is 2. The van der Waals surface area contributed by atoms with Crippen molar-refractivity contribution in [2.45, 2.75) is 51.0 Å². The summed E-state index contributed by atoms with van der Waals surface area (Å²) >= 11 is 3.50. The maximum Gasteiger partial charge on any atom is 0.133 e. The lowest BCUT2D eigenvalue weighted by Gasteiger charge is -2.35.